The summed E-state index contributed by atoms with van der Waals surface area (Å²) in [5, 5.41) is 16.1. The molecule has 5 nitrogen and oxygen atoms in total. The molecule has 0 fully saturated rings. The number of hydrogen-bond donors (Lipinski definition) is 2. The molecule has 0 bridgehead atoms. The highest BCUT2D eigenvalue weighted by molar-refractivity contribution is 5.79. The number of aliphatic hydroxyl groups excluding tert-OH is 1. The van der Waals surface area contributed by atoms with E-state index in [0.717, 1.165) is 17.0 Å². The fraction of sp³-hybridized carbons (Fsp3) is 0.636. The van der Waals surface area contributed by atoms with E-state index in [1.807, 2.05) is 13.8 Å². The SMILES string of the molecule is Cc1n[nH]c(C)c1CC(=O)N(C)CC(C)O. The van der Waals surface area contributed by atoms with E-state index in [0.29, 0.717) is 13.0 Å². The summed E-state index contributed by atoms with van der Waals surface area (Å²) in [5.74, 6) is -0.00602. The molecular weight excluding hydrogens is 206 g/mol. The molecule has 0 spiro atoms. The Labute approximate surface area is 95.5 Å². The van der Waals surface area contributed by atoms with E-state index in [1.165, 1.54) is 4.90 Å². The Morgan fingerprint density at radius 2 is 2.19 bits per heavy atom. The molecule has 0 saturated heterocycles. The number of aromatic amines is 1. The average molecular weight is 225 g/mol. The predicted molar refractivity (Wildman–Crippen MR) is 61.1 cm³/mol. The van der Waals surface area contributed by atoms with Gasteiger partial charge in [0.2, 0.25) is 5.91 Å². The Morgan fingerprint density at radius 1 is 1.56 bits per heavy atom. The second kappa shape index (κ2) is 5.12. The molecular formula is C11H19N3O2. The molecule has 90 valence electrons. The van der Waals surface area contributed by atoms with Gasteiger partial charge in [0.15, 0.2) is 0 Å². The van der Waals surface area contributed by atoms with Crippen LogP contribution in [0.2, 0.25) is 0 Å². The second-order valence-electron chi connectivity index (χ2n) is 4.21. The van der Waals surface area contributed by atoms with Crippen LogP contribution < -0.4 is 0 Å². The van der Waals surface area contributed by atoms with Crippen LogP contribution in [0.15, 0.2) is 0 Å². The van der Waals surface area contributed by atoms with Crippen molar-refractivity contribution in [1.82, 2.24) is 15.1 Å². The summed E-state index contributed by atoms with van der Waals surface area (Å²) in [7, 11) is 1.69. The van der Waals surface area contributed by atoms with Crippen molar-refractivity contribution in [1.29, 1.82) is 0 Å². The molecule has 1 unspecified atom stereocenters. The first-order valence-electron chi connectivity index (χ1n) is 5.34. The summed E-state index contributed by atoms with van der Waals surface area (Å²) in [5.41, 5.74) is 2.73. The summed E-state index contributed by atoms with van der Waals surface area (Å²) in [4.78, 5) is 13.4. The molecule has 0 radical (unpaired) electrons. The van der Waals surface area contributed by atoms with Gasteiger partial charge in [-0.15, -0.1) is 0 Å². The number of carbonyl (C=O) groups is 1. The maximum atomic E-state index is 11.8. The summed E-state index contributed by atoms with van der Waals surface area (Å²) in [6, 6.07) is 0. The summed E-state index contributed by atoms with van der Waals surface area (Å²) >= 11 is 0. The van der Waals surface area contributed by atoms with Gasteiger partial charge in [-0.3, -0.25) is 9.89 Å². The maximum absolute atomic E-state index is 11.8. The summed E-state index contributed by atoms with van der Waals surface area (Å²) in [6.45, 7) is 5.80. The standard InChI is InChI=1S/C11H19N3O2/c1-7(15)6-14(4)11(16)5-10-8(2)12-13-9(10)3/h7,15H,5-6H2,1-4H3,(H,12,13). The van der Waals surface area contributed by atoms with E-state index in [4.69, 9.17) is 0 Å². The molecule has 1 atom stereocenters. The molecule has 1 amide bonds. The van der Waals surface area contributed by atoms with Crippen molar-refractivity contribution in [2.45, 2.75) is 33.3 Å². The lowest BCUT2D eigenvalue weighted by molar-refractivity contribution is -0.130. The van der Waals surface area contributed by atoms with E-state index in [9.17, 15) is 9.90 Å². The summed E-state index contributed by atoms with van der Waals surface area (Å²) in [6.07, 6.45) is -0.169. The molecule has 1 heterocycles. The monoisotopic (exact) mass is 225 g/mol. The highest BCUT2D eigenvalue weighted by Crippen LogP contribution is 2.11. The van der Waals surface area contributed by atoms with Crippen LogP contribution in [0.3, 0.4) is 0 Å². The van der Waals surface area contributed by atoms with Gasteiger partial charge in [0.1, 0.15) is 0 Å². The number of hydrogen-bond acceptors (Lipinski definition) is 3. The minimum absolute atomic E-state index is 0.00602. The third-order valence-corrected chi connectivity index (χ3v) is 2.57. The minimum Gasteiger partial charge on any atom is -0.392 e. The number of nitrogens with zero attached hydrogens (tertiary/aromatic N) is 2. The molecule has 1 rings (SSSR count). The predicted octanol–water partition coefficient (Wildman–Crippen LogP) is 0.408. The van der Waals surface area contributed by atoms with Crippen LogP contribution in [0.1, 0.15) is 23.9 Å². The van der Waals surface area contributed by atoms with Crippen LogP contribution in [0.4, 0.5) is 0 Å². The number of aryl methyl sites for hydroxylation is 2. The van der Waals surface area contributed by atoms with Crippen molar-refractivity contribution < 1.29 is 9.90 Å². The van der Waals surface area contributed by atoms with Crippen LogP contribution in [0.25, 0.3) is 0 Å². The van der Waals surface area contributed by atoms with Crippen molar-refractivity contribution in [3.63, 3.8) is 0 Å². The van der Waals surface area contributed by atoms with Crippen LogP contribution in [-0.4, -0.2) is 45.8 Å². The molecule has 5 heteroatoms. The minimum atomic E-state index is -0.500. The van der Waals surface area contributed by atoms with Gasteiger partial charge in [-0.25, -0.2) is 0 Å². The van der Waals surface area contributed by atoms with Crippen LogP contribution in [0.5, 0.6) is 0 Å². The van der Waals surface area contributed by atoms with Gasteiger partial charge < -0.3 is 10.0 Å². The van der Waals surface area contributed by atoms with Crippen LogP contribution in [0, 0.1) is 13.8 Å². The Balaban J connectivity index is 2.64. The first-order valence-corrected chi connectivity index (χ1v) is 5.34. The molecule has 0 aromatic carbocycles. The molecule has 0 aliphatic rings. The van der Waals surface area contributed by atoms with E-state index in [2.05, 4.69) is 10.2 Å². The maximum Gasteiger partial charge on any atom is 0.226 e. The number of likely N-dealkylation sites (N-methyl/N-ethyl adjacent to an activating group) is 1. The van der Waals surface area contributed by atoms with Gasteiger partial charge in [0.05, 0.1) is 18.2 Å². The third kappa shape index (κ3) is 3.06. The zero-order chi connectivity index (χ0) is 12.3. The van der Waals surface area contributed by atoms with Gasteiger partial charge in [-0.05, 0) is 20.8 Å². The number of carbonyl (C=O) groups excluding carboxylic acids is 1. The van der Waals surface area contributed by atoms with Gasteiger partial charge in [0.25, 0.3) is 0 Å². The lowest BCUT2D eigenvalue weighted by Gasteiger charge is -2.18. The van der Waals surface area contributed by atoms with E-state index in [1.54, 1.807) is 14.0 Å². The molecule has 1 aromatic heterocycles. The Morgan fingerprint density at radius 3 is 2.62 bits per heavy atom. The second-order valence-corrected chi connectivity index (χ2v) is 4.21. The Bertz CT molecular complexity index is 352. The van der Waals surface area contributed by atoms with Gasteiger partial charge in [0, 0.05) is 24.8 Å². The molecule has 1 aromatic rings. The van der Waals surface area contributed by atoms with Crippen molar-refractivity contribution in [3.8, 4) is 0 Å². The van der Waals surface area contributed by atoms with Crippen LogP contribution >= 0.6 is 0 Å². The van der Waals surface area contributed by atoms with Crippen LogP contribution in [-0.2, 0) is 11.2 Å². The van der Waals surface area contributed by atoms with E-state index in [-0.39, 0.29) is 5.91 Å². The number of nitrogens with one attached hydrogen (secondary N) is 1. The summed E-state index contributed by atoms with van der Waals surface area (Å²) < 4.78 is 0. The number of aliphatic hydroxyl groups is 1. The van der Waals surface area contributed by atoms with Gasteiger partial charge >= 0.3 is 0 Å². The van der Waals surface area contributed by atoms with Crippen molar-refractivity contribution >= 4 is 5.91 Å². The van der Waals surface area contributed by atoms with Gasteiger partial charge in [-0.2, -0.15) is 5.10 Å². The van der Waals surface area contributed by atoms with E-state index >= 15 is 0 Å². The van der Waals surface area contributed by atoms with Crippen molar-refractivity contribution in [3.05, 3.63) is 17.0 Å². The fourth-order valence-corrected chi connectivity index (χ4v) is 1.62. The van der Waals surface area contributed by atoms with Crippen molar-refractivity contribution in [2.75, 3.05) is 13.6 Å². The third-order valence-electron chi connectivity index (χ3n) is 2.57. The highest BCUT2D eigenvalue weighted by atomic mass is 16.3. The average Bonchev–Trinajstić information content (AvgIpc) is 2.48. The van der Waals surface area contributed by atoms with E-state index < -0.39 is 6.10 Å². The number of rotatable bonds is 4. The Hall–Kier alpha value is -1.36. The zero-order valence-corrected chi connectivity index (χ0v) is 10.2. The number of H-pyrrole nitrogens is 1. The largest absolute Gasteiger partial charge is 0.392 e. The lowest BCUT2D eigenvalue weighted by Crippen LogP contribution is -2.34. The van der Waals surface area contributed by atoms with Crippen molar-refractivity contribution in [2.24, 2.45) is 0 Å². The number of aromatic nitrogens is 2. The van der Waals surface area contributed by atoms with Gasteiger partial charge in [-0.1, -0.05) is 0 Å². The molecule has 16 heavy (non-hydrogen) atoms. The molecule has 0 aliphatic heterocycles. The highest BCUT2D eigenvalue weighted by Gasteiger charge is 2.15. The topological polar surface area (TPSA) is 69.2 Å². The number of amides is 1. The Kier molecular flexibility index (Phi) is 4.06. The fourth-order valence-electron chi connectivity index (χ4n) is 1.62. The molecule has 0 aliphatic carbocycles. The smallest absolute Gasteiger partial charge is 0.226 e. The molecule has 2 N–H and O–H groups in total. The quantitative estimate of drug-likeness (QED) is 0.779. The first-order chi connectivity index (χ1) is 7.41. The zero-order valence-electron chi connectivity index (χ0n) is 10.2. The lowest BCUT2D eigenvalue weighted by atomic mass is 10.1. The first kappa shape index (κ1) is 12.7. The molecule has 0 saturated carbocycles. The normalized spacial score (nSPS) is 12.6.